The third-order valence-electron chi connectivity index (χ3n) is 2.40. The van der Waals surface area contributed by atoms with E-state index in [1.165, 1.54) is 0 Å². The number of hydrogen-bond donors (Lipinski definition) is 1. The molecule has 7 heteroatoms. The third kappa shape index (κ3) is 4.88. The zero-order chi connectivity index (χ0) is 15.6. The zero-order valence-electron chi connectivity index (χ0n) is 10.6. The van der Waals surface area contributed by atoms with Gasteiger partial charge in [0.1, 0.15) is 0 Å². The van der Waals surface area contributed by atoms with Crippen molar-refractivity contribution in [1.82, 2.24) is 5.32 Å². The van der Waals surface area contributed by atoms with Gasteiger partial charge in [0.2, 0.25) is 0 Å². The van der Waals surface area contributed by atoms with Crippen LogP contribution in [0.15, 0.2) is 30.4 Å². The molecule has 1 aromatic rings. The molecule has 0 bridgehead atoms. The molecule has 0 spiro atoms. The smallest absolute Gasteiger partial charge is 0.309 e. The average molecular weight is 297 g/mol. The van der Waals surface area contributed by atoms with Crippen LogP contribution < -0.4 is 5.32 Å². The number of rotatable bonds is 4. The van der Waals surface area contributed by atoms with E-state index in [-0.39, 0.29) is 18.2 Å². The molecule has 0 aromatic heterocycles. The molecule has 20 heavy (non-hydrogen) atoms. The molecule has 1 aromatic carbocycles. The Kier molecular flexibility index (Phi) is 4.86. The second-order valence-electron chi connectivity index (χ2n) is 4.47. The number of alkyl halides is 6. The fourth-order valence-electron chi connectivity index (χ4n) is 1.54. The molecule has 0 aliphatic heterocycles. The maximum Gasteiger partial charge on any atom is 0.416 e. The van der Waals surface area contributed by atoms with E-state index in [9.17, 15) is 26.3 Å². The molecule has 0 saturated heterocycles. The second kappa shape index (κ2) is 5.87. The van der Waals surface area contributed by atoms with Crippen LogP contribution in [0.1, 0.15) is 23.6 Å². The number of halogens is 6. The van der Waals surface area contributed by atoms with Crippen LogP contribution in [0.25, 0.3) is 0 Å². The van der Waals surface area contributed by atoms with E-state index in [2.05, 4.69) is 11.9 Å². The molecule has 0 aliphatic carbocycles. The highest BCUT2D eigenvalue weighted by molar-refractivity contribution is 5.33. The van der Waals surface area contributed by atoms with Gasteiger partial charge in [-0.25, -0.2) is 0 Å². The molecule has 0 saturated carbocycles. The van der Waals surface area contributed by atoms with Gasteiger partial charge in [0.15, 0.2) is 0 Å². The highest BCUT2D eigenvalue weighted by atomic mass is 19.4. The number of hydrogen-bond acceptors (Lipinski definition) is 1. The molecule has 0 heterocycles. The lowest BCUT2D eigenvalue weighted by molar-refractivity contribution is -0.143. The highest BCUT2D eigenvalue weighted by Gasteiger charge is 2.36. The van der Waals surface area contributed by atoms with Crippen LogP contribution >= 0.6 is 0 Å². The van der Waals surface area contributed by atoms with Crippen molar-refractivity contribution in [1.29, 1.82) is 0 Å². The molecule has 1 rings (SSSR count). The number of nitrogens with one attached hydrogen (secondary N) is 1. The van der Waals surface area contributed by atoms with Crippen molar-refractivity contribution in [3.63, 3.8) is 0 Å². The standard InChI is InChI=1S/C13H13F6N/c1-8(2)6-20-7-9-3-10(12(14,15)16)5-11(4-9)13(17,18)19/h3-5,20H,1,6-7H2,2H3. The molecular formula is C13H13F6N. The summed E-state index contributed by atoms with van der Waals surface area (Å²) < 4.78 is 75.5. The van der Waals surface area contributed by atoms with Crippen LogP contribution in [0, 0.1) is 0 Å². The molecule has 112 valence electrons. The minimum Gasteiger partial charge on any atom is -0.309 e. The summed E-state index contributed by atoms with van der Waals surface area (Å²) in [5.74, 6) is 0. The van der Waals surface area contributed by atoms with E-state index in [1.54, 1.807) is 6.92 Å². The fraction of sp³-hybridized carbons (Fsp3) is 0.385. The molecular weight excluding hydrogens is 284 g/mol. The SMILES string of the molecule is C=C(C)CNCc1cc(C(F)(F)F)cc(C(F)(F)F)c1. The van der Waals surface area contributed by atoms with Crippen molar-refractivity contribution in [2.24, 2.45) is 0 Å². The molecule has 0 unspecified atom stereocenters. The van der Waals surface area contributed by atoms with Gasteiger partial charge < -0.3 is 5.32 Å². The first-order chi connectivity index (χ1) is 9.00. The molecule has 0 amide bonds. The summed E-state index contributed by atoms with van der Waals surface area (Å²) in [5, 5.41) is 2.72. The van der Waals surface area contributed by atoms with E-state index in [0.29, 0.717) is 18.7 Å². The van der Waals surface area contributed by atoms with E-state index < -0.39 is 23.5 Å². The van der Waals surface area contributed by atoms with Crippen LogP contribution in [-0.2, 0) is 18.9 Å². The van der Waals surface area contributed by atoms with Gasteiger partial charge >= 0.3 is 12.4 Å². The second-order valence-corrected chi connectivity index (χ2v) is 4.47. The summed E-state index contributed by atoms with van der Waals surface area (Å²) in [7, 11) is 0. The lowest BCUT2D eigenvalue weighted by atomic mass is 10.0. The van der Waals surface area contributed by atoms with E-state index in [0.717, 1.165) is 5.57 Å². The average Bonchev–Trinajstić information content (AvgIpc) is 2.25. The molecule has 0 fully saturated rings. The maximum atomic E-state index is 12.6. The normalized spacial score (nSPS) is 12.6. The van der Waals surface area contributed by atoms with Crippen LogP contribution in [0.2, 0.25) is 0 Å². The predicted molar refractivity (Wildman–Crippen MR) is 63.0 cm³/mol. The van der Waals surface area contributed by atoms with Crippen LogP contribution in [0.3, 0.4) is 0 Å². The first kappa shape index (κ1) is 16.6. The van der Waals surface area contributed by atoms with Crippen molar-refractivity contribution in [2.75, 3.05) is 6.54 Å². The van der Waals surface area contributed by atoms with Gasteiger partial charge in [-0.2, -0.15) is 26.3 Å². The van der Waals surface area contributed by atoms with Gasteiger partial charge in [-0.3, -0.25) is 0 Å². The van der Waals surface area contributed by atoms with Crippen molar-refractivity contribution in [3.8, 4) is 0 Å². The summed E-state index contributed by atoms with van der Waals surface area (Å²) in [4.78, 5) is 0. The van der Waals surface area contributed by atoms with Crippen molar-refractivity contribution >= 4 is 0 Å². The van der Waals surface area contributed by atoms with Crippen molar-refractivity contribution in [2.45, 2.75) is 25.8 Å². The first-order valence-electron chi connectivity index (χ1n) is 5.63. The quantitative estimate of drug-likeness (QED) is 0.642. The largest absolute Gasteiger partial charge is 0.416 e. The summed E-state index contributed by atoms with van der Waals surface area (Å²) in [6, 6.07) is 1.53. The third-order valence-corrected chi connectivity index (χ3v) is 2.40. The molecule has 1 nitrogen and oxygen atoms in total. The zero-order valence-corrected chi connectivity index (χ0v) is 10.6. The molecule has 0 aliphatic rings. The Balaban J connectivity index is 3.08. The Morgan fingerprint density at radius 2 is 1.45 bits per heavy atom. The summed E-state index contributed by atoms with van der Waals surface area (Å²) in [5.41, 5.74) is -1.96. The predicted octanol–water partition coefficient (Wildman–Crippen LogP) is 4.39. The van der Waals surface area contributed by atoms with E-state index in [1.807, 2.05) is 0 Å². The maximum absolute atomic E-state index is 12.6. The fourth-order valence-corrected chi connectivity index (χ4v) is 1.54. The monoisotopic (exact) mass is 297 g/mol. The first-order valence-corrected chi connectivity index (χ1v) is 5.63. The Hall–Kier alpha value is -1.50. The van der Waals surface area contributed by atoms with E-state index in [4.69, 9.17) is 0 Å². The summed E-state index contributed by atoms with van der Waals surface area (Å²) in [6.45, 7) is 5.49. The molecule has 0 atom stereocenters. The lowest BCUT2D eigenvalue weighted by Gasteiger charge is -2.14. The minimum atomic E-state index is -4.82. The van der Waals surface area contributed by atoms with E-state index >= 15 is 0 Å². The van der Waals surface area contributed by atoms with Crippen LogP contribution in [0.4, 0.5) is 26.3 Å². The van der Waals surface area contributed by atoms with Gasteiger partial charge in [0, 0.05) is 13.1 Å². The van der Waals surface area contributed by atoms with Crippen LogP contribution in [0.5, 0.6) is 0 Å². The Morgan fingerprint density at radius 3 is 1.80 bits per heavy atom. The lowest BCUT2D eigenvalue weighted by Crippen LogP contribution is -2.17. The van der Waals surface area contributed by atoms with Gasteiger partial charge in [0.05, 0.1) is 11.1 Å². The summed E-state index contributed by atoms with van der Waals surface area (Å²) in [6.07, 6.45) is -9.63. The Morgan fingerprint density at radius 1 is 1.00 bits per heavy atom. The van der Waals surface area contributed by atoms with Crippen LogP contribution in [-0.4, -0.2) is 6.54 Å². The Labute approximate surface area is 112 Å². The van der Waals surface area contributed by atoms with Gasteiger partial charge in [-0.05, 0) is 30.7 Å². The Bertz CT molecular complexity index is 454. The highest BCUT2D eigenvalue weighted by Crippen LogP contribution is 2.36. The van der Waals surface area contributed by atoms with Gasteiger partial charge in [0.25, 0.3) is 0 Å². The van der Waals surface area contributed by atoms with Crippen molar-refractivity contribution in [3.05, 3.63) is 47.0 Å². The minimum absolute atomic E-state index is 0.0756. The molecule has 1 N–H and O–H groups in total. The van der Waals surface area contributed by atoms with Crippen molar-refractivity contribution < 1.29 is 26.3 Å². The topological polar surface area (TPSA) is 12.0 Å². The number of benzene rings is 1. The van der Waals surface area contributed by atoms with Gasteiger partial charge in [-0.15, -0.1) is 0 Å². The summed E-state index contributed by atoms with van der Waals surface area (Å²) >= 11 is 0. The van der Waals surface area contributed by atoms with Gasteiger partial charge in [-0.1, -0.05) is 12.2 Å². The molecule has 0 radical (unpaired) electrons.